The van der Waals surface area contributed by atoms with Crippen LogP contribution in [0.5, 0.6) is 0 Å². The molecule has 0 aliphatic carbocycles. The van der Waals surface area contributed by atoms with Crippen LogP contribution in [-0.4, -0.2) is 62.0 Å². The van der Waals surface area contributed by atoms with Crippen molar-refractivity contribution in [1.29, 1.82) is 0 Å². The molecule has 0 saturated carbocycles. The molecule has 1 aliphatic heterocycles. The van der Waals surface area contributed by atoms with E-state index in [0.29, 0.717) is 10.8 Å². The molecule has 3 heterocycles. The van der Waals surface area contributed by atoms with Crippen LogP contribution in [0.4, 0.5) is 22.0 Å². The average molecular weight is 558 g/mol. The standard InChI is InChI=1S/C22H20ClF2N5O.C2HF3O2/c23-13-1-2-18-14(9-13)19(29-28-18)5-8-30-6-3-12(4-7-30)21-26-20-11-17(25)16(24)10-15(20)22(31)27-21;3-2(4,5)1(6)7/h1-2,9-12H,3-8H2,(H,28,29)(H,26,27,31);(H,6,7). The van der Waals surface area contributed by atoms with E-state index in [1.807, 2.05) is 18.2 Å². The Bertz CT molecular complexity index is 1530. The number of fused-ring (bicyclic) bond motifs is 2. The van der Waals surface area contributed by atoms with Gasteiger partial charge in [-0.3, -0.25) is 9.89 Å². The molecule has 0 bridgehead atoms. The van der Waals surface area contributed by atoms with Gasteiger partial charge in [-0.25, -0.2) is 18.6 Å². The Hall–Kier alpha value is -3.58. The Morgan fingerprint density at radius 1 is 1.11 bits per heavy atom. The molecule has 5 rings (SSSR count). The molecule has 3 N–H and O–H groups in total. The average Bonchev–Trinajstić information content (AvgIpc) is 3.26. The fourth-order valence-electron chi connectivity index (χ4n) is 4.27. The number of carbonyl (C=O) groups is 1. The maximum Gasteiger partial charge on any atom is 0.490 e. The number of alkyl halides is 3. The number of nitrogens with zero attached hydrogens (tertiary/aromatic N) is 3. The first-order chi connectivity index (χ1) is 17.9. The monoisotopic (exact) mass is 557 g/mol. The van der Waals surface area contributed by atoms with Gasteiger partial charge in [-0.05, 0) is 50.2 Å². The largest absolute Gasteiger partial charge is 0.490 e. The van der Waals surface area contributed by atoms with E-state index in [-0.39, 0.29) is 16.8 Å². The van der Waals surface area contributed by atoms with E-state index in [0.717, 1.165) is 67.6 Å². The lowest BCUT2D eigenvalue weighted by Crippen LogP contribution is -2.35. The molecule has 8 nitrogen and oxygen atoms in total. The lowest BCUT2D eigenvalue weighted by atomic mass is 9.95. The molecule has 14 heteroatoms. The summed E-state index contributed by atoms with van der Waals surface area (Å²) in [5.41, 5.74) is 1.71. The number of aromatic nitrogens is 4. The molecule has 0 amide bonds. The van der Waals surface area contributed by atoms with Crippen LogP contribution in [-0.2, 0) is 11.2 Å². The number of likely N-dealkylation sites (tertiary alicyclic amines) is 1. The summed E-state index contributed by atoms with van der Waals surface area (Å²) in [5.74, 6) is -4.19. The van der Waals surface area contributed by atoms with Gasteiger partial charge in [0, 0.05) is 35.4 Å². The van der Waals surface area contributed by atoms with Gasteiger partial charge in [0.2, 0.25) is 0 Å². The van der Waals surface area contributed by atoms with Crippen molar-refractivity contribution in [2.45, 2.75) is 31.4 Å². The smallest absolute Gasteiger partial charge is 0.475 e. The zero-order valence-electron chi connectivity index (χ0n) is 19.6. The molecular weight excluding hydrogens is 537 g/mol. The first kappa shape index (κ1) is 27.5. The van der Waals surface area contributed by atoms with E-state index < -0.39 is 29.3 Å². The van der Waals surface area contributed by atoms with Gasteiger partial charge in [-0.1, -0.05) is 11.6 Å². The number of nitrogens with one attached hydrogen (secondary N) is 2. The lowest BCUT2D eigenvalue weighted by Gasteiger charge is -2.31. The number of hydrogen-bond acceptors (Lipinski definition) is 5. The molecule has 1 aliphatic rings. The Morgan fingerprint density at radius 3 is 2.42 bits per heavy atom. The van der Waals surface area contributed by atoms with Crippen LogP contribution in [0, 0.1) is 11.6 Å². The van der Waals surface area contributed by atoms with Crippen LogP contribution in [0.25, 0.3) is 21.8 Å². The third-order valence-electron chi connectivity index (χ3n) is 6.25. The van der Waals surface area contributed by atoms with Crippen molar-refractivity contribution >= 4 is 39.4 Å². The van der Waals surface area contributed by atoms with Crippen LogP contribution in [0.15, 0.2) is 35.1 Å². The fourth-order valence-corrected chi connectivity index (χ4v) is 4.44. The highest BCUT2D eigenvalue weighted by molar-refractivity contribution is 6.31. The van der Waals surface area contributed by atoms with E-state index in [2.05, 4.69) is 25.1 Å². The maximum atomic E-state index is 13.6. The molecule has 0 spiro atoms. The molecule has 1 saturated heterocycles. The predicted molar refractivity (Wildman–Crippen MR) is 129 cm³/mol. The van der Waals surface area contributed by atoms with Gasteiger partial charge in [-0.15, -0.1) is 0 Å². The highest BCUT2D eigenvalue weighted by Crippen LogP contribution is 2.27. The van der Waals surface area contributed by atoms with Crippen LogP contribution in [0.2, 0.25) is 5.02 Å². The molecule has 0 unspecified atom stereocenters. The number of benzene rings is 2. The van der Waals surface area contributed by atoms with Crippen LogP contribution in [0.1, 0.15) is 30.3 Å². The van der Waals surface area contributed by atoms with Crippen molar-refractivity contribution in [3.63, 3.8) is 0 Å². The fraction of sp³-hybridized carbons (Fsp3) is 0.333. The topological polar surface area (TPSA) is 115 Å². The lowest BCUT2D eigenvalue weighted by molar-refractivity contribution is -0.192. The summed E-state index contributed by atoms with van der Waals surface area (Å²) >= 11 is 6.11. The normalized spacial score (nSPS) is 15.0. The highest BCUT2D eigenvalue weighted by atomic mass is 35.5. The molecule has 1 fully saturated rings. The van der Waals surface area contributed by atoms with Crippen molar-refractivity contribution in [2.24, 2.45) is 0 Å². The molecule has 202 valence electrons. The second kappa shape index (κ2) is 11.0. The Kier molecular flexibility index (Phi) is 7.97. The first-order valence-electron chi connectivity index (χ1n) is 11.5. The van der Waals surface area contributed by atoms with Crippen LogP contribution < -0.4 is 5.56 Å². The van der Waals surface area contributed by atoms with E-state index >= 15 is 0 Å². The molecule has 38 heavy (non-hydrogen) atoms. The Morgan fingerprint density at radius 2 is 1.76 bits per heavy atom. The van der Waals surface area contributed by atoms with Crippen molar-refractivity contribution in [3.8, 4) is 0 Å². The summed E-state index contributed by atoms with van der Waals surface area (Å²) in [4.78, 5) is 30.7. The number of H-pyrrole nitrogens is 2. The predicted octanol–water partition coefficient (Wildman–Crippen LogP) is 4.79. The minimum absolute atomic E-state index is 0.0615. The molecule has 2 aromatic heterocycles. The van der Waals surface area contributed by atoms with Crippen molar-refractivity contribution < 1.29 is 31.9 Å². The number of hydrogen-bond donors (Lipinski definition) is 3. The van der Waals surface area contributed by atoms with Crippen LogP contribution in [0.3, 0.4) is 0 Å². The van der Waals surface area contributed by atoms with Gasteiger partial charge in [-0.2, -0.15) is 18.3 Å². The minimum Gasteiger partial charge on any atom is -0.475 e. The molecular formula is C24H21ClF5N5O3. The van der Waals surface area contributed by atoms with Gasteiger partial charge in [0.1, 0.15) is 5.82 Å². The molecule has 0 radical (unpaired) electrons. The van der Waals surface area contributed by atoms with E-state index in [4.69, 9.17) is 21.5 Å². The molecule has 4 aromatic rings. The number of piperidine rings is 1. The Labute approximate surface area is 216 Å². The van der Waals surface area contributed by atoms with Crippen molar-refractivity contribution in [3.05, 3.63) is 68.9 Å². The third-order valence-corrected chi connectivity index (χ3v) is 6.49. The van der Waals surface area contributed by atoms with Crippen LogP contribution >= 0.6 is 11.6 Å². The molecule has 2 aromatic carbocycles. The van der Waals surface area contributed by atoms with Crippen molar-refractivity contribution in [1.82, 2.24) is 25.1 Å². The quantitative estimate of drug-likeness (QED) is 0.311. The minimum atomic E-state index is -5.08. The summed E-state index contributed by atoms with van der Waals surface area (Å²) in [5, 5.41) is 16.4. The van der Waals surface area contributed by atoms with E-state index in [1.165, 1.54) is 0 Å². The number of aromatic amines is 2. The molecule has 0 atom stereocenters. The number of aliphatic carboxylic acids is 1. The van der Waals surface area contributed by atoms with Gasteiger partial charge in [0.15, 0.2) is 11.6 Å². The number of carboxylic acids is 1. The number of halogens is 6. The van der Waals surface area contributed by atoms with Gasteiger partial charge >= 0.3 is 12.1 Å². The second-order valence-electron chi connectivity index (χ2n) is 8.76. The SMILES string of the molecule is O=C(O)C(F)(F)F.O=c1[nH]c(C2CCN(CCc3n[nH]c4ccc(Cl)cc34)CC2)nc2cc(F)c(F)cc12. The van der Waals surface area contributed by atoms with Crippen molar-refractivity contribution in [2.75, 3.05) is 19.6 Å². The van der Waals surface area contributed by atoms with Gasteiger partial charge in [0.05, 0.1) is 22.1 Å². The van der Waals surface area contributed by atoms with Gasteiger partial charge in [0.25, 0.3) is 5.56 Å². The second-order valence-corrected chi connectivity index (χ2v) is 9.20. The first-order valence-corrected chi connectivity index (χ1v) is 11.8. The number of carboxylic acid groups (broad SMARTS) is 1. The summed E-state index contributed by atoms with van der Waals surface area (Å²) in [6.07, 6.45) is -2.63. The van der Waals surface area contributed by atoms with E-state index in [9.17, 15) is 26.7 Å². The van der Waals surface area contributed by atoms with E-state index in [1.54, 1.807) is 0 Å². The summed E-state index contributed by atoms with van der Waals surface area (Å²) in [6, 6.07) is 7.58. The maximum absolute atomic E-state index is 13.6. The third kappa shape index (κ3) is 6.27. The zero-order chi connectivity index (χ0) is 27.6. The summed E-state index contributed by atoms with van der Waals surface area (Å²) < 4.78 is 58.7. The summed E-state index contributed by atoms with van der Waals surface area (Å²) in [7, 11) is 0. The Balaban J connectivity index is 0.000000426. The highest BCUT2D eigenvalue weighted by Gasteiger charge is 2.38. The summed E-state index contributed by atoms with van der Waals surface area (Å²) in [6.45, 7) is 2.58. The number of rotatable bonds is 4. The zero-order valence-corrected chi connectivity index (χ0v) is 20.3. The van der Waals surface area contributed by atoms with Gasteiger partial charge < -0.3 is 15.0 Å².